The molecule has 0 unspecified atom stereocenters. The van der Waals surface area contributed by atoms with Crippen LogP contribution in [-0.4, -0.2) is 62.9 Å². The van der Waals surface area contributed by atoms with Crippen LogP contribution in [0.25, 0.3) is 0 Å². The van der Waals surface area contributed by atoms with Gasteiger partial charge in [0.25, 0.3) is 0 Å². The van der Waals surface area contributed by atoms with Crippen molar-refractivity contribution >= 4 is 16.0 Å². The van der Waals surface area contributed by atoms with Gasteiger partial charge in [0.2, 0.25) is 10.0 Å². The van der Waals surface area contributed by atoms with Crippen LogP contribution in [0, 0.1) is 5.82 Å². The molecule has 8 heteroatoms. The van der Waals surface area contributed by atoms with Crippen molar-refractivity contribution in [2.45, 2.75) is 24.7 Å². The molecular formula is C16H23FN2O4S. The first-order valence-electron chi connectivity index (χ1n) is 8.07. The summed E-state index contributed by atoms with van der Waals surface area (Å²) in [5.41, 5.74) is 0. The number of sulfonamides is 1. The summed E-state index contributed by atoms with van der Waals surface area (Å²) in [4.78, 5) is 13.5. The maximum absolute atomic E-state index is 13.3. The molecule has 0 saturated carbocycles. The van der Waals surface area contributed by atoms with Crippen LogP contribution in [0.5, 0.6) is 0 Å². The molecule has 0 radical (unpaired) electrons. The van der Waals surface area contributed by atoms with Gasteiger partial charge in [0.05, 0.1) is 18.0 Å². The average Bonchev–Trinajstić information content (AvgIpc) is 2.55. The van der Waals surface area contributed by atoms with Gasteiger partial charge in [0, 0.05) is 26.2 Å². The predicted octanol–water partition coefficient (Wildman–Crippen LogP) is 1.48. The second-order valence-electron chi connectivity index (χ2n) is 5.71. The van der Waals surface area contributed by atoms with Crippen molar-refractivity contribution in [1.29, 1.82) is 0 Å². The lowest BCUT2D eigenvalue weighted by atomic mass is 10.3. The molecular weight excluding hydrogens is 335 g/mol. The molecule has 1 aromatic rings. The van der Waals surface area contributed by atoms with Gasteiger partial charge in [-0.1, -0.05) is 19.4 Å². The summed E-state index contributed by atoms with van der Waals surface area (Å²) in [6, 6.07) is 4.99. The lowest BCUT2D eigenvalue weighted by molar-refractivity contribution is -0.145. The first-order chi connectivity index (χ1) is 11.4. The van der Waals surface area contributed by atoms with Crippen molar-refractivity contribution < 1.29 is 22.3 Å². The number of ether oxygens (including phenoxy) is 1. The number of rotatable bonds is 7. The van der Waals surface area contributed by atoms with Crippen LogP contribution in [0.15, 0.2) is 29.2 Å². The zero-order chi connectivity index (χ0) is 17.6. The van der Waals surface area contributed by atoms with Gasteiger partial charge in [-0.25, -0.2) is 12.8 Å². The fourth-order valence-electron chi connectivity index (χ4n) is 2.46. The SMILES string of the molecule is CCCCOC(=O)CN1CCN(S(=O)(=O)c2cccc(F)c2)CC1. The summed E-state index contributed by atoms with van der Waals surface area (Å²) in [6.45, 7) is 4.02. The Bertz CT molecular complexity index is 658. The number of halogens is 1. The second-order valence-corrected chi connectivity index (χ2v) is 7.65. The molecule has 134 valence electrons. The fourth-order valence-corrected chi connectivity index (χ4v) is 3.92. The number of nitrogens with zero attached hydrogens (tertiary/aromatic N) is 2. The predicted molar refractivity (Wildman–Crippen MR) is 87.5 cm³/mol. The topological polar surface area (TPSA) is 66.9 Å². The molecule has 1 aromatic carbocycles. The average molecular weight is 358 g/mol. The summed E-state index contributed by atoms with van der Waals surface area (Å²) in [5.74, 6) is -0.866. The van der Waals surface area contributed by atoms with Crippen LogP contribution < -0.4 is 0 Å². The monoisotopic (exact) mass is 358 g/mol. The quantitative estimate of drug-likeness (QED) is 0.546. The van der Waals surface area contributed by atoms with Crippen LogP contribution in [0.1, 0.15) is 19.8 Å². The number of hydrogen-bond acceptors (Lipinski definition) is 5. The van der Waals surface area contributed by atoms with Crippen LogP contribution in [0.4, 0.5) is 4.39 Å². The highest BCUT2D eigenvalue weighted by atomic mass is 32.2. The van der Waals surface area contributed by atoms with E-state index >= 15 is 0 Å². The molecule has 6 nitrogen and oxygen atoms in total. The largest absolute Gasteiger partial charge is 0.465 e. The van der Waals surface area contributed by atoms with E-state index in [9.17, 15) is 17.6 Å². The molecule has 1 saturated heterocycles. The molecule has 0 bridgehead atoms. The van der Waals surface area contributed by atoms with E-state index in [1.165, 1.54) is 22.5 Å². The number of carbonyl (C=O) groups is 1. The Morgan fingerprint density at radius 2 is 1.96 bits per heavy atom. The Hall–Kier alpha value is -1.51. The molecule has 0 spiro atoms. The van der Waals surface area contributed by atoms with Crippen molar-refractivity contribution in [2.24, 2.45) is 0 Å². The van der Waals surface area contributed by atoms with Gasteiger partial charge in [0.1, 0.15) is 5.82 Å². The van der Waals surface area contributed by atoms with Gasteiger partial charge in [-0.15, -0.1) is 0 Å². The third kappa shape index (κ3) is 4.99. The molecule has 0 aliphatic carbocycles. The Kier molecular flexibility index (Phi) is 6.70. The van der Waals surface area contributed by atoms with E-state index in [1.807, 2.05) is 11.8 Å². The van der Waals surface area contributed by atoms with Crippen LogP contribution in [-0.2, 0) is 19.6 Å². The van der Waals surface area contributed by atoms with E-state index in [1.54, 1.807) is 0 Å². The number of esters is 1. The lowest BCUT2D eigenvalue weighted by Gasteiger charge is -2.33. The molecule has 0 N–H and O–H groups in total. The molecule has 1 aliphatic heterocycles. The van der Waals surface area contributed by atoms with Gasteiger partial charge in [-0.05, 0) is 24.6 Å². The van der Waals surface area contributed by atoms with E-state index < -0.39 is 15.8 Å². The number of unbranched alkanes of at least 4 members (excludes halogenated alkanes) is 1. The maximum atomic E-state index is 13.3. The normalized spacial score (nSPS) is 16.9. The Morgan fingerprint density at radius 1 is 1.25 bits per heavy atom. The highest BCUT2D eigenvalue weighted by Gasteiger charge is 2.29. The number of benzene rings is 1. The van der Waals surface area contributed by atoms with Crippen molar-refractivity contribution in [3.63, 3.8) is 0 Å². The first kappa shape index (κ1) is 18.8. The minimum atomic E-state index is -3.70. The van der Waals surface area contributed by atoms with Gasteiger partial charge >= 0.3 is 5.97 Å². The van der Waals surface area contributed by atoms with E-state index in [4.69, 9.17) is 4.74 Å². The Morgan fingerprint density at radius 3 is 2.58 bits per heavy atom. The molecule has 24 heavy (non-hydrogen) atoms. The molecule has 1 heterocycles. The van der Waals surface area contributed by atoms with Gasteiger partial charge < -0.3 is 4.74 Å². The van der Waals surface area contributed by atoms with E-state index in [-0.39, 0.29) is 30.5 Å². The van der Waals surface area contributed by atoms with Crippen molar-refractivity contribution in [3.8, 4) is 0 Å². The van der Waals surface area contributed by atoms with Gasteiger partial charge in [0.15, 0.2) is 0 Å². The van der Waals surface area contributed by atoms with Crippen molar-refractivity contribution in [3.05, 3.63) is 30.1 Å². The molecule has 0 aromatic heterocycles. The summed E-state index contributed by atoms with van der Waals surface area (Å²) >= 11 is 0. The minimum Gasteiger partial charge on any atom is -0.465 e. The van der Waals surface area contributed by atoms with Gasteiger partial charge in [-0.2, -0.15) is 4.31 Å². The molecule has 1 fully saturated rings. The summed E-state index contributed by atoms with van der Waals surface area (Å²) in [5, 5.41) is 0. The van der Waals surface area contributed by atoms with E-state index in [0.717, 1.165) is 18.9 Å². The van der Waals surface area contributed by atoms with Crippen LogP contribution >= 0.6 is 0 Å². The Labute approximate surface area is 142 Å². The summed E-state index contributed by atoms with van der Waals surface area (Å²) in [7, 11) is -3.70. The molecule has 2 rings (SSSR count). The lowest BCUT2D eigenvalue weighted by Crippen LogP contribution is -2.50. The van der Waals surface area contributed by atoms with Crippen molar-refractivity contribution in [1.82, 2.24) is 9.21 Å². The molecule has 1 aliphatic rings. The maximum Gasteiger partial charge on any atom is 0.320 e. The summed E-state index contributed by atoms with van der Waals surface area (Å²) < 4.78 is 44.7. The second kappa shape index (κ2) is 8.55. The third-order valence-electron chi connectivity index (χ3n) is 3.88. The minimum absolute atomic E-state index is 0.0464. The Balaban J connectivity index is 1.87. The molecule has 0 amide bonds. The number of carbonyl (C=O) groups excluding carboxylic acids is 1. The smallest absolute Gasteiger partial charge is 0.320 e. The summed E-state index contributed by atoms with van der Waals surface area (Å²) in [6.07, 6.45) is 1.80. The van der Waals surface area contributed by atoms with Crippen LogP contribution in [0.2, 0.25) is 0 Å². The number of piperazine rings is 1. The highest BCUT2D eigenvalue weighted by molar-refractivity contribution is 7.89. The fraction of sp³-hybridized carbons (Fsp3) is 0.562. The zero-order valence-corrected chi connectivity index (χ0v) is 14.6. The zero-order valence-electron chi connectivity index (χ0n) is 13.8. The van der Waals surface area contributed by atoms with Crippen LogP contribution in [0.3, 0.4) is 0 Å². The van der Waals surface area contributed by atoms with E-state index in [2.05, 4.69) is 0 Å². The van der Waals surface area contributed by atoms with Crippen molar-refractivity contribution in [2.75, 3.05) is 39.3 Å². The highest BCUT2D eigenvalue weighted by Crippen LogP contribution is 2.18. The third-order valence-corrected chi connectivity index (χ3v) is 5.77. The van der Waals surface area contributed by atoms with Gasteiger partial charge in [-0.3, -0.25) is 9.69 Å². The number of hydrogen-bond donors (Lipinski definition) is 0. The first-order valence-corrected chi connectivity index (χ1v) is 9.51. The van der Waals surface area contributed by atoms with E-state index in [0.29, 0.717) is 19.7 Å². The standard InChI is InChI=1S/C16H23FN2O4S/c1-2-3-11-23-16(20)13-18-7-9-19(10-8-18)24(21,22)15-6-4-5-14(17)12-15/h4-6,12H,2-3,7-11,13H2,1H3. The molecule has 0 atom stereocenters.